The van der Waals surface area contributed by atoms with Crippen molar-refractivity contribution in [2.75, 3.05) is 46.2 Å². The number of hydrogen-bond donors (Lipinski definition) is 0. The Morgan fingerprint density at radius 1 is 0.952 bits per heavy atom. The van der Waals surface area contributed by atoms with Crippen molar-refractivity contribution < 1.29 is 23.7 Å². The molecular formula is C16H26O5. The van der Waals surface area contributed by atoms with Crippen LogP contribution in [0.3, 0.4) is 0 Å². The third kappa shape index (κ3) is 5.41. The molecule has 21 heavy (non-hydrogen) atoms. The number of esters is 1. The summed E-state index contributed by atoms with van der Waals surface area (Å²) in [5, 5.41) is 0. The molecule has 0 radical (unpaired) electrons. The number of fused-ring (bicyclic) bond motifs is 2. The highest BCUT2D eigenvalue weighted by atomic mass is 16.6. The lowest BCUT2D eigenvalue weighted by Gasteiger charge is -2.16. The summed E-state index contributed by atoms with van der Waals surface area (Å²) in [5.41, 5.74) is 0. The van der Waals surface area contributed by atoms with Gasteiger partial charge in [-0.3, -0.25) is 4.79 Å². The maximum Gasteiger partial charge on any atom is 0.309 e. The summed E-state index contributed by atoms with van der Waals surface area (Å²) in [4.78, 5) is 11.9. The zero-order chi connectivity index (χ0) is 14.9. The molecule has 0 aromatic carbocycles. The molecule has 120 valence electrons. The number of allylic oxidation sites excluding steroid dienone is 2. The minimum atomic E-state index is -0.0663. The van der Waals surface area contributed by atoms with Crippen LogP contribution in [0.4, 0.5) is 0 Å². The van der Waals surface area contributed by atoms with Crippen LogP contribution in [0.15, 0.2) is 12.2 Å². The first-order valence-electron chi connectivity index (χ1n) is 7.89. The summed E-state index contributed by atoms with van der Waals surface area (Å²) in [7, 11) is 0. The van der Waals surface area contributed by atoms with E-state index in [1.54, 1.807) is 0 Å². The van der Waals surface area contributed by atoms with Crippen LogP contribution in [0.2, 0.25) is 0 Å². The van der Waals surface area contributed by atoms with Crippen LogP contribution in [-0.4, -0.2) is 52.2 Å². The number of rotatable bonds is 11. The largest absolute Gasteiger partial charge is 0.463 e. The van der Waals surface area contributed by atoms with E-state index in [9.17, 15) is 4.79 Å². The van der Waals surface area contributed by atoms with Crippen LogP contribution >= 0.6 is 0 Å². The lowest BCUT2D eigenvalue weighted by Crippen LogP contribution is -2.23. The molecule has 2 aliphatic carbocycles. The molecule has 0 heterocycles. The van der Waals surface area contributed by atoms with Gasteiger partial charge in [0.2, 0.25) is 0 Å². The predicted molar refractivity (Wildman–Crippen MR) is 77.9 cm³/mol. The topological polar surface area (TPSA) is 54.0 Å². The summed E-state index contributed by atoms with van der Waals surface area (Å²) >= 11 is 0. The first-order valence-corrected chi connectivity index (χ1v) is 7.89. The van der Waals surface area contributed by atoms with Gasteiger partial charge in [0.1, 0.15) is 6.61 Å². The van der Waals surface area contributed by atoms with Crippen LogP contribution in [0, 0.1) is 17.8 Å². The minimum Gasteiger partial charge on any atom is -0.463 e. The second kappa shape index (κ2) is 9.18. The molecule has 5 nitrogen and oxygen atoms in total. The van der Waals surface area contributed by atoms with E-state index in [2.05, 4.69) is 12.2 Å². The van der Waals surface area contributed by atoms with Crippen molar-refractivity contribution in [3.63, 3.8) is 0 Å². The third-order valence-corrected chi connectivity index (χ3v) is 4.00. The van der Waals surface area contributed by atoms with Gasteiger partial charge in [-0.15, -0.1) is 0 Å². The Kier molecular flexibility index (Phi) is 7.19. The number of hydrogen-bond acceptors (Lipinski definition) is 5. The highest BCUT2D eigenvalue weighted by Gasteiger charge is 2.40. The monoisotopic (exact) mass is 298 g/mol. The van der Waals surface area contributed by atoms with Crippen molar-refractivity contribution in [3.05, 3.63) is 12.2 Å². The molecule has 0 aromatic rings. The Labute approximate surface area is 126 Å². The van der Waals surface area contributed by atoms with Gasteiger partial charge in [0, 0.05) is 6.61 Å². The van der Waals surface area contributed by atoms with E-state index in [-0.39, 0.29) is 11.9 Å². The fourth-order valence-corrected chi connectivity index (χ4v) is 2.94. The summed E-state index contributed by atoms with van der Waals surface area (Å²) in [5.74, 6) is 1.00. The van der Waals surface area contributed by atoms with Crippen molar-refractivity contribution in [1.82, 2.24) is 0 Å². The molecule has 1 fully saturated rings. The van der Waals surface area contributed by atoms with Crippen LogP contribution in [0.25, 0.3) is 0 Å². The molecular weight excluding hydrogens is 272 g/mol. The zero-order valence-electron chi connectivity index (χ0n) is 12.8. The first kappa shape index (κ1) is 16.5. The standard InChI is InChI=1S/C16H26O5/c1-2-18-5-6-19-7-8-20-9-10-21-16(17)15-12-13-3-4-14(15)11-13/h3-4,13-15H,2,5-12H2,1H3. The molecule has 2 aliphatic rings. The molecule has 2 rings (SSSR count). The van der Waals surface area contributed by atoms with Gasteiger partial charge in [-0.05, 0) is 31.6 Å². The van der Waals surface area contributed by atoms with Gasteiger partial charge >= 0.3 is 5.97 Å². The van der Waals surface area contributed by atoms with Crippen LogP contribution in [0.5, 0.6) is 0 Å². The van der Waals surface area contributed by atoms with E-state index in [1.165, 1.54) is 0 Å². The van der Waals surface area contributed by atoms with E-state index in [0.29, 0.717) is 58.1 Å². The average molecular weight is 298 g/mol. The van der Waals surface area contributed by atoms with Crippen LogP contribution in [0.1, 0.15) is 19.8 Å². The lowest BCUT2D eigenvalue weighted by atomic mass is 9.94. The lowest BCUT2D eigenvalue weighted by molar-refractivity contribution is -0.151. The average Bonchev–Trinajstić information content (AvgIpc) is 3.12. The number of carbonyl (C=O) groups is 1. The van der Waals surface area contributed by atoms with Gasteiger partial charge in [0.25, 0.3) is 0 Å². The molecule has 0 saturated heterocycles. The normalized spacial score (nSPS) is 26.4. The van der Waals surface area contributed by atoms with Crippen molar-refractivity contribution in [3.8, 4) is 0 Å². The second-order valence-electron chi connectivity index (χ2n) is 5.48. The molecule has 0 N–H and O–H groups in total. The smallest absolute Gasteiger partial charge is 0.309 e. The highest BCUT2D eigenvalue weighted by Crippen LogP contribution is 2.43. The predicted octanol–water partition coefficient (Wildman–Crippen LogP) is 1.81. The third-order valence-electron chi connectivity index (χ3n) is 4.00. The van der Waals surface area contributed by atoms with Crippen LogP contribution < -0.4 is 0 Å². The maximum absolute atomic E-state index is 11.9. The SMILES string of the molecule is CCOCCOCCOCCOC(=O)C1CC2C=CC1C2. The zero-order valence-corrected chi connectivity index (χ0v) is 12.8. The van der Waals surface area contributed by atoms with Gasteiger partial charge in [0.15, 0.2) is 0 Å². The van der Waals surface area contributed by atoms with Crippen molar-refractivity contribution in [1.29, 1.82) is 0 Å². The Hall–Kier alpha value is -0.910. The summed E-state index contributed by atoms with van der Waals surface area (Å²) in [6, 6.07) is 0. The quantitative estimate of drug-likeness (QED) is 0.331. The van der Waals surface area contributed by atoms with Crippen molar-refractivity contribution in [2.24, 2.45) is 17.8 Å². The molecule has 0 amide bonds. The molecule has 0 spiro atoms. The highest BCUT2D eigenvalue weighted by molar-refractivity contribution is 5.74. The Morgan fingerprint density at radius 2 is 1.62 bits per heavy atom. The van der Waals surface area contributed by atoms with Gasteiger partial charge in [-0.2, -0.15) is 0 Å². The molecule has 0 aliphatic heterocycles. The van der Waals surface area contributed by atoms with E-state index in [1.807, 2.05) is 6.92 Å². The summed E-state index contributed by atoms with van der Waals surface area (Å²) in [6.07, 6.45) is 6.46. The Balaban J connectivity index is 1.40. The Bertz CT molecular complexity index is 342. The number of ether oxygens (including phenoxy) is 4. The van der Waals surface area contributed by atoms with E-state index >= 15 is 0 Å². The van der Waals surface area contributed by atoms with E-state index in [4.69, 9.17) is 18.9 Å². The Morgan fingerprint density at radius 3 is 2.19 bits per heavy atom. The second-order valence-corrected chi connectivity index (χ2v) is 5.48. The first-order chi connectivity index (χ1) is 10.3. The summed E-state index contributed by atoms with van der Waals surface area (Å²) in [6.45, 7) is 5.68. The van der Waals surface area contributed by atoms with Crippen LogP contribution in [-0.2, 0) is 23.7 Å². The summed E-state index contributed by atoms with van der Waals surface area (Å²) < 4.78 is 21.1. The maximum atomic E-state index is 11.9. The van der Waals surface area contributed by atoms with E-state index < -0.39 is 0 Å². The van der Waals surface area contributed by atoms with E-state index in [0.717, 1.165) is 12.8 Å². The van der Waals surface area contributed by atoms with Gasteiger partial charge < -0.3 is 18.9 Å². The molecule has 1 saturated carbocycles. The molecule has 3 atom stereocenters. The van der Waals surface area contributed by atoms with Gasteiger partial charge in [-0.25, -0.2) is 0 Å². The minimum absolute atomic E-state index is 0.0663. The molecule has 2 bridgehead atoms. The molecule has 3 unspecified atom stereocenters. The van der Waals surface area contributed by atoms with Gasteiger partial charge in [-0.1, -0.05) is 12.2 Å². The fraction of sp³-hybridized carbons (Fsp3) is 0.812. The number of carbonyl (C=O) groups excluding carboxylic acids is 1. The van der Waals surface area contributed by atoms with Gasteiger partial charge in [0.05, 0.1) is 39.0 Å². The van der Waals surface area contributed by atoms with Crippen molar-refractivity contribution >= 4 is 5.97 Å². The molecule has 5 heteroatoms. The van der Waals surface area contributed by atoms with Crippen molar-refractivity contribution in [2.45, 2.75) is 19.8 Å². The molecule has 0 aromatic heterocycles. The fourth-order valence-electron chi connectivity index (χ4n) is 2.94.